The number of hydrogen-bond donors (Lipinski definition) is 1. The van der Waals surface area contributed by atoms with Gasteiger partial charge in [-0.2, -0.15) is 0 Å². The molecule has 8 atom stereocenters. The van der Waals surface area contributed by atoms with Crippen LogP contribution >= 0.6 is 34.5 Å². The molecule has 3 nitrogen and oxygen atoms in total. The molecule has 1 aliphatic heterocycles. The Bertz CT molecular complexity index is 1060. The van der Waals surface area contributed by atoms with Crippen LogP contribution in [0.2, 0.25) is 4.34 Å². The summed E-state index contributed by atoms with van der Waals surface area (Å²) in [6, 6.07) is 4.39. The highest BCUT2D eigenvalue weighted by atomic mass is 35.5. The number of carbonyl (C=O) groups is 1. The Hall–Kier alpha value is -0.810. The lowest BCUT2D eigenvalue weighted by Gasteiger charge is -2.55. The summed E-state index contributed by atoms with van der Waals surface area (Å²) < 4.78 is 0.810. The number of nitrogens with zero attached hydrogens (tertiary/aromatic N) is 1. The summed E-state index contributed by atoms with van der Waals surface area (Å²) in [4.78, 5) is 17.0. The first-order valence-electron chi connectivity index (χ1n) is 12.2. The van der Waals surface area contributed by atoms with E-state index in [0.29, 0.717) is 29.7 Å². The molecule has 1 aromatic rings. The second kappa shape index (κ2) is 6.87. The Kier molecular flexibility index (Phi) is 4.41. The maximum absolute atomic E-state index is 13.6. The van der Waals surface area contributed by atoms with Gasteiger partial charge in [-0.1, -0.05) is 35.4 Å². The van der Waals surface area contributed by atoms with Gasteiger partial charge < -0.3 is 10.0 Å². The Morgan fingerprint density at radius 2 is 2.00 bits per heavy atom. The van der Waals surface area contributed by atoms with Crippen molar-refractivity contribution in [2.24, 2.45) is 29.1 Å². The van der Waals surface area contributed by atoms with E-state index < -0.39 is 5.60 Å². The zero-order valence-corrected chi connectivity index (χ0v) is 20.4. The molecule has 1 saturated heterocycles. The van der Waals surface area contributed by atoms with E-state index in [1.165, 1.54) is 11.3 Å². The van der Waals surface area contributed by atoms with Crippen molar-refractivity contribution in [3.05, 3.63) is 44.1 Å². The number of allylic oxidation sites excluding steroid dienone is 4. The van der Waals surface area contributed by atoms with Crippen molar-refractivity contribution in [1.82, 2.24) is 4.90 Å². The molecular formula is C26H29Cl2NO2S. The third-order valence-corrected chi connectivity index (χ3v) is 11.8. The third kappa shape index (κ3) is 2.67. The molecular weight excluding hydrogens is 461 g/mol. The van der Waals surface area contributed by atoms with Gasteiger partial charge in [0, 0.05) is 39.7 Å². The van der Waals surface area contributed by atoms with Gasteiger partial charge in [0.05, 0.1) is 9.94 Å². The molecule has 4 saturated carbocycles. The van der Waals surface area contributed by atoms with Gasteiger partial charge in [0.2, 0.25) is 5.91 Å². The van der Waals surface area contributed by atoms with E-state index in [4.69, 9.17) is 23.2 Å². The highest BCUT2D eigenvalue weighted by molar-refractivity contribution is 7.16. The smallest absolute Gasteiger partial charge is 0.226 e. The third-order valence-electron chi connectivity index (χ3n) is 10.1. The number of aliphatic hydroxyl groups is 1. The monoisotopic (exact) mass is 489 g/mol. The summed E-state index contributed by atoms with van der Waals surface area (Å²) >= 11 is 14.4. The van der Waals surface area contributed by atoms with Crippen molar-refractivity contribution in [2.45, 2.75) is 68.9 Å². The largest absolute Gasteiger partial charge is 0.389 e. The van der Waals surface area contributed by atoms with E-state index >= 15 is 0 Å². The molecule has 5 aliphatic carbocycles. The summed E-state index contributed by atoms with van der Waals surface area (Å²) in [6.45, 7) is 0.877. The van der Waals surface area contributed by atoms with Crippen LogP contribution in [0, 0.1) is 29.1 Å². The van der Waals surface area contributed by atoms with Gasteiger partial charge in [0.25, 0.3) is 0 Å². The first-order chi connectivity index (χ1) is 15.4. The maximum Gasteiger partial charge on any atom is 0.226 e. The average Bonchev–Trinajstić information content (AvgIpc) is 3.44. The zero-order chi connectivity index (χ0) is 21.8. The topological polar surface area (TPSA) is 40.5 Å². The fraction of sp³-hybridized carbons (Fsp3) is 0.654. The number of hydrogen-bond acceptors (Lipinski definition) is 3. The fourth-order valence-electron chi connectivity index (χ4n) is 8.87. The number of likely N-dealkylation sites (tertiary alicyclic amines) is 1. The van der Waals surface area contributed by atoms with Crippen LogP contribution in [0.1, 0.15) is 62.2 Å². The highest BCUT2D eigenvalue weighted by Gasteiger charge is 2.76. The quantitative estimate of drug-likeness (QED) is 0.553. The molecule has 0 aromatic carbocycles. The van der Waals surface area contributed by atoms with Gasteiger partial charge in [-0.05, 0) is 86.8 Å². The number of rotatable bonds is 4. The van der Waals surface area contributed by atoms with Crippen molar-refractivity contribution < 1.29 is 9.90 Å². The number of fused-ring (bicyclic) bond motifs is 2. The lowest BCUT2D eigenvalue weighted by molar-refractivity contribution is -0.176. The number of halogens is 2. The summed E-state index contributed by atoms with van der Waals surface area (Å²) in [7, 11) is 0. The predicted molar refractivity (Wildman–Crippen MR) is 128 cm³/mol. The van der Waals surface area contributed by atoms with Crippen LogP contribution in [-0.4, -0.2) is 34.1 Å². The van der Waals surface area contributed by atoms with Crippen LogP contribution in [-0.2, 0) is 4.79 Å². The van der Waals surface area contributed by atoms with Gasteiger partial charge in [-0.3, -0.25) is 4.79 Å². The van der Waals surface area contributed by atoms with Crippen LogP contribution < -0.4 is 0 Å². The van der Waals surface area contributed by atoms with Gasteiger partial charge in [-0.25, -0.2) is 0 Å². The Morgan fingerprint density at radius 1 is 1.16 bits per heavy atom. The second-order valence-electron chi connectivity index (χ2n) is 11.4. The molecule has 5 fully saturated rings. The van der Waals surface area contributed by atoms with Crippen LogP contribution in [0.4, 0.5) is 0 Å². The summed E-state index contributed by atoms with van der Waals surface area (Å²) in [5, 5.41) is 12.0. The van der Waals surface area contributed by atoms with Crippen LogP contribution in [0.15, 0.2) is 34.9 Å². The molecule has 0 radical (unpaired) electrons. The van der Waals surface area contributed by atoms with Crippen molar-refractivity contribution in [2.75, 3.05) is 6.54 Å². The molecule has 8 unspecified atom stereocenters. The van der Waals surface area contributed by atoms with Crippen molar-refractivity contribution in [3.8, 4) is 0 Å². The molecule has 1 spiro atoms. The Labute approximate surface area is 203 Å². The molecule has 2 heterocycles. The summed E-state index contributed by atoms with van der Waals surface area (Å²) in [5.74, 6) is 2.48. The molecule has 7 rings (SSSR count). The second-order valence-corrected chi connectivity index (χ2v) is 13.6. The number of thiophene rings is 1. The van der Waals surface area contributed by atoms with Gasteiger partial charge in [0.1, 0.15) is 0 Å². The molecule has 6 heteroatoms. The fourth-order valence-corrected chi connectivity index (χ4v) is 10.3. The van der Waals surface area contributed by atoms with Gasteiger partial charge >= 0.3 is 0 Å². The minimum atomic E-state index is -0.414. The molecule has 170 valence electrons. The predicted octanol–water partition coefficient (Wildman–Crippen LogP) is 6.12. The van der Waals surface area contributed by atoms with E-state index in [9.17, 15) is 9.90 Å². The minimum absolute atomic E-state index is 0.0447. The summed E-state index contributed by atoms with van der Waals surface area (Å²) in [6.07, 6.45) is 12.4. The number of amides is 1. The molecule has 6 aliphatic rings. The van der Waals surface area contributed by atoms with E-state index in [-0.39, 0.29) is 17.3 Å². The molecule has 32 heavy (non-hydrogen) atoms. The summed E-state index contributed by atoms with van der Waals surface area (Å²) in [5.41, 5.74) is 0.934. The van der Waals surface area contributed by atoms with Crippen LogP contribution in [0.25, 0.3) is 0 Å². The minimum Gasteiger partial charge on any atom is -0.389 e. The molecule has 1 aromatic heterocycles. The van der Waals surface area contributed by atoms with Crippen molar-refractivity contribution in [3.63, 3.8) is 0 Å². The van der Waals surface area contributed by atoms with Gasteiger partial charge in [0.15, 0.2) is 0 Å². The van der Waals surface area contributed by atoms with E-state index in [1.54, 1.807) is 11.3 Å². The van der Waals surface area contributed by atoms with E-state index in [1.807, 2.05) is 6.07 Å². The van der Waals surface area contributed by atoms with Crippen molar-refractivity contribution >= 4 is 40.4 Å². The first kappa shape index (κ1) is 20.6. The standard InChI is InChI=1S/C26H29Cl2NO2S/c27-20-9-15(21-3-4-22(28)32-21)2-1-14(20)7-16-5-6-29(24(16)30)23-17-8-19-13-26(31)12-18(23)11-25(19,26)10-17/h1,3-4,9,15-19,23,31H,2,5-8,10-13H2. The SMILES string of the molecule is O=C1C(CC2=CCC(c3ccc(Cl)s3)C=C2Cl)CCN1C1C2CC3CC4(O)CC1CC34C2. The number of carbonyl (C=O) groups excluding carboxylic acids is 1. The van der Waals surface area contributed by atoms with Gasteiger partial charge in [-0.15, -0.1) is 11.3 Å². The zero-order valence-electron chi connectivity index (χ0n) is 18.1. The average molecular weight is 490 g/mol. The van der Waals surface area contributed by atoms with Crippen LogP contribution in [0.5, 0.6) is 0 Å². The normalized spacial score (nSPS) is 46.3. The lowest BCUT2D eigenvalue weighted by Crippen LogP contribution is -2.57. The molecule has 3 bridgehead atoms. The Morgan fingerprint density at radius 3 is 2.78 bits per heavy atom. The molecule has 1 N–H and O–H groups in total. The lowest BCUT2D eigenvalue weighted by atomic mass is 9.53. The first-order valence-corrected chi connectivity index (χ1v) is 13.8. The maximum atomic E-state index is 13.6. The highest BCUT2D eigenvalue weighted by Crippen LogP contribution is 2.77. The van der Waals surface area contributed by atoms with Crippen LogP contribution in [0.3, 0.4) is 0 Å². The van der Waals surface area contributed by atoms with E-state index in [0.717, 1.165) is 66.4 Å². The van der Waals surface area contributed by atoms with Crippen molar-refractivity contribution in [1.29, 1.82) is 0 Å². The van der Waals surface area contributed by atoms with E-state index in [2.05, 4.69) is 23.1 Å². The molecule has 1 amide bonds. The Balaban J connectivity index is 1.05.